The van der Waals surface area contributed by atoms with Crippen LogP contribution in [0.4, 0.5) is 5.69 Å². The van der Waals surface area contributed by atoms with Gasteiger partial charge < -0.3 is 10.2 Å². The summed E-state index contributed by atoms with van der Waals surface area (Å²) < 4.78 is 0. The number of aromatic nitrogens is 1. The van der Waals surface area contributed by atoms with Crippen molar-refractivity contribution >= 4 is 11.6 Å². The minimum absolute atomic E-state index is 0.0538. The van der Waals surface area contributed by atoms with Gasteiger partial charge in [-0.05, 0) is 52.5 Å². The molecule has 0 radical (unpaired) electrons. The van der Waals surface area contributed by atoms with E-state index in [-0.39, 0.29) is 11.4 Å². The third-order valence-corrected chi connectivity index (χ3v) is 3.90. The van der Waals surface area contributed by atoms with Crippen molar-refractivity contribution in [2.45, 2.75) is 65.0 Å². The maximum Gasteiger partial charge on any atom is 0.253 e. The van der Waals surface area contributed by atoms with Gasteiger partial charge in [0.05, 0.1) is 17.4 Å². The lowest BCUT2D eigenvalue weighted by Crippen LogP contribution is -2.41. The Morgan fingerprint density at radius 1 is 1.38 bits per heavy atom. The highest BCUT2D eigenvalue weighted by Gasteiger charge is 2.22. The molecule has 116 valence electrons. The fourth-order valence-corrected chi connectivity index (χ4v) is 2.89. The van der Waals surface area contributed by atoms with E-state index in [0.29, 0.717) is 11.6 Å². The molecule has 0 bridgehead atoms. The fourth-order valence-electron chi connectivity index (χ4n) is 2.89. The van der Waals surface area contributed by atoms with Crippen LogP contribution >= 0.6 is 0 Å². The van der Waals surface area contributed by atoms with Gasteiger partial charge in [-0.1, -0.05) is 6.92 Å². The van der Waals surface area contributed by atoms with Crippen LogP contribution < -0.4 is 10.2 Å². The Balaban J connectivity index is 2.18. The second-order valence-electron chi connectivity index (χ2n) is 6.89. The topological polar surface area (TPSA) is 45.2 Å². The monoisotopic (exact) mass is 289 g/mol. The molecule has 1 fully saturated rings. The predicted molar refractivity (Wildman–Crippen MR) is 86.7 cm³/mol. The van der Waals surface area contributed by atoms with Gasteiger partial charge in [0.25, 0.3) is 5.91 Å². The van der Waals surface area contributed by atoms with Gasteiger partial charge in [-0.3, -0.25) is 9.78 Å². The standard InChI is InChI=1S/C17H27N3O/c1-5-14-8-6-7-9-20(14)15-10-13(11-18-12-15)16(21)19-17(2,3)4/h10-12,14H,5-9H2,1-4H3,(H,19,21). The van der Waals surface area contributed by atoms with Gasteiger partial charge in [0, 0.05) is 24.3 Å². The molecule has 1 aliphatic heterocycles. The second-order valence-corrected chi connectivity index (χ2v) is 6.89. The highest BCUT2D eigenvalue weighted by Crippen LogP contribution is 2.26. The van der Waals surface area contributed by atoms with Crippen LogP contribution in [-0.4, -0.2) is 29.0 Å². The van der Waals surface area contributed by atoms with Crippen molar-refractivity contribution in [1.29, 1.82) is 0 Å². The molecule has 21 heavy (non-hydrogen) atoms. The Kier molecular flexibility index (Phi) is 4.86. The van der Waals surface area contributed by atoms with E-state index in [4.69, 9.17) is 0 Å². The molecule has 1 aliphatic rings. The summed E-state index contributed by atoms with van der Waals surface area (Å²) in [4.78, 5) is 19.0. The van der Waals surface area contributed by atoms with E-state index in [1.54, 1.807) is 6.20 Å². The van der Waals surface area contributed by atoms with Crippen LogP contribution in [0, 0.1) is 0 Å². The maximum absolute atomic E-state index is 12.3. The number of nitrogens with one attached hydrogen (secondary N) is 1. The molecule has 1 unspecified atom stereocenters. The lowest BCUT2D eigenvalue weighted by Gasteiger charge is -2.37. The van der Waals surface area contributed by atoms with Crippen molar-refractivity contribution in [3.63, 3.8) is 0 Å². The van der Waals surface area contributed by atoms with Crippen LogP contribution in [-0.2, 0) is 0 Å². The molecule has 1 aromatic heterocycles. The Hall–Kier alpha value is -1.58. The highest BCUT2D eigenvalue weighted by molar-refractivity contribution is 5.95. The first-order valence-corrected chi connectivity index (χ1v) is 7.95. The zero-order valence-electron chi connectivity index (χ0n) is 13.6. The smallest absolute Gasteiger partial charge is 0.253 e. The average molecular weight is 289 g/mol. The number of rotatable bonds is 3. The van der Waals surface area contributed by atoms with E-state index in [9.17, 15) is 4.79 Å². The molecule has 1 aromatic rings. The van der Waals surface area contributed by atoms with Gasteiger partial charge in [-0.2, -0.15) is 0 Å². The van der Waals surface area contributed by atoms with E-state index in [0.717, 1.165) is 18.7 Å². The quantitative estimate of drug-likeness (QED) is 0.928. The minimum atomic E-state index is -0.232. The summed E-state index contributed by atoms with van der Waals surface area (Å²) in [6, 6.07) is 2.55. The molecule has 4 heteroatoms. The molecule has 0 saturated carbocycles. The first-order valence-electron chi connectivity index (χ1n) is 7.95. The summed E-state index contributed by atoms with van der Waals surface area (Å²) in [5.41, 5.74) is 1.48. The lowest BCUT2D eigenvalue weighted by molar-refractivity contribution is 0.0919. The molecule has 1 amide bonds. The first-order chi connectivity index (χ1) is 9.90. The average Bonchev–Trinajstić information content (AvgIpc) is 2.45. The fraction of sp³-hybridized carbons (Fsp3) is 0.647. The number of hydrogen-bond donors (Lipinski definition) is 1. The molecule has 0 aromatic carbocycles. The minimum Gasteiger partial charge on any atom is -0.367 e. The molecule has 1 saturated heterocycles. The molecule has 0 spiro atoms. The van der Waals surface area contributed by atoms with Crippen molar-refractivity contribution < 1.29 is 4.79 Å². The summed E-state index contributed by atoms with van der Waals surface area (Å²) in [6.45, 7) is 9.25. The van der Waals surface area contributed by atoms with Crippen molar-refractivity contribution in [3.8, 4) is 0 Å². The van der Waals surface area contributed by atoms with Crippen molar-refractivity contribution in [2.24, 2.45) is 0 Å². The number of carbonyl (C=O) groups is 1. The number of anilines is 1. The Bertz CT molecular complexity index is 493. The molecule has 2 heterocycles. The van der Waals surface area contributed by atoms with Crippen molar-refractivity contribution in [2.75, 3.05) is 11.4 Å². The Morgan fingerprint density at radius 3 is 2.81 bits per heavy atom. The third-order valence-electron chi connectivity index (χ3n) is 3.90. The van der Waals surface area contributed by atoms with Gasteiger partial charge in [-0.25, -0.2) is 0 Å². The lowest BCUT2D eigenvalue weighted by atomic mass is 9.99. The van der Waals surface area contributed by atoms with Crippen LogP contribution in [0.2, 0.25) is 0 Å². The molecular formula is C17H27N3O. The number of carbonyl (C=O) groups excluding carboxylic acids is 1. The molecule has 1 N–H and O–H groups in total. The third kappa shape index (κ3) is 4.19. The van der Waals surface area contributed by atoms with Crippen LogP contribution in [0.1, 0.15) is 63.7 Å². The van der Waals surface area contributed by atoms with Crippen LogP contribution in [0.3, 0.4) is 0 Å². The number of piperidine rings is 1. The van der Waals surface area contributed by atoms with Crippen molar-refractivity contribution in [3.05, 3.63) is 24.0 Å². The first kappa shape index (κ1) is 15.8. The van der Waals surface area contributed by atoms with E-state index in [1.165, 1.54) is 19.3 Å². The largest absolute Gasteiger partial charge is 0.367 e. The summed E-state index contributed by atoms with van der Waals surface area (Å²) in [5.74, 6) is -0.0538. The molecular weight excluding hydrogens is 262 g/mol. The van der Waals surface area contributed by atoms with E-state index in [2.05, 4.69) is 22.1 Å². The summed E-state index contributed by atoms with van der Waals surface area (Å²) in [5, 5.41) is 2.99. The highest BCUT2D eigenvalue weighted by atomic mass is 16.1. The van der Waals surface area contributed by atoms with Crippen LogP contribution in [0.25, 0.3) is 0 Å². The summed E-state index contributed by atoms with van der Waals surface area (Å²) in [7, 11) is 0. The number of nitrogens with zero attached hydrogens (tertiary/aromatic N) is 2. The Labute approximate surface area is 127 Å². The van der Waals surface area contributed by atoms with E-state index >= 15 is 0 Å². The van der Waals surface area contributed by atoms with Gasteiger partial charge in [-0.15, -0.1) is 0 Å². The predicted octanol–water partition coefficient (Wildman–Crippen LogP) is 3.38. The van der Waals surface area contributed by atoms with Gasteiger partial charge in [0.2, 0.25) is 0 Å². The number of amides is 1. The zero-order valence-corrected chi connectivity index (χ0v) is 13.6. The van der Waals surface area contributed by atoms with Crippen molar-refractivity contribution in [1.82, 2.24) is 10.3 Å². The van der Waals surface area contributed by atoms with E-state index in [1.807, 2.05) is 33.0 Å². The van der Waals surface area contributed by atoms with Gasteiger partial charge >= 0.3 is 0 Å². The number of hydrogen-bond acceptors (Lipinski definition) is 3. The molecule has 0 aliphatic carbocycles. The van der Waals surface area contributed by atoms with Gasteiger partial charge in [0.1, 0.15) is 0 Å². The Morgan fingerprint density at radius 2 is 2.14 bits per heavy atom. The van der Waals surface area contributed by atoms with E-state index < -0.39 is 0 Å². The number of pyridine rings is 1. The van der Waals surface area contributed by atoms with Crippen LogP contribution in [0.15, 0.2) is 18.5 Å². The van der Waals surface area contributed by atoms with Gasteiger partial charge in [0.15, 0.2) is 0 Å². The second kappa shape index (κ2) is 6.46. The molecule has 1 atom stereocenters. The SMILES string of the molecule is CCC1CCCCN1c1cncc(C(=O)NC(C)(C)C)c1. The summed E-state index contributed by atoms with van der Waals surface area (Å²) in [6.07, 6.45) is 8.41. The summed E-state index contributed by atoms with van der Waals surface area (Å²) >= 11 is 0. The zero-order chi connectivity index (χ0) is 15.5. The molecule has 2 rings (SSSR count). The molecule has 4 nitrogen and oxygen atoms in total. The maximum atomic E-state index is 12.3. The normalized spacial score (nSPS) is 19.4. The van der Waals surface area contributed by atoms with Crippen LogP contribution in [0.5, 0.6) is 0 Å².